The molecule has 18 heavy (non-hydrogen) atoms. The van der Waals surface area contributed by atoms with Gasteiger partial charge in [0, 0.05) is 11.3 Å². The summed E-state index contributed by atoms with van der Waals surface area (Å²) in [6.45, 7) is 7.58. The summed E-state index contributed by atoms with van der Waals surface area (Å²) in [6, 6.07) is 4.82. The van der Waals surface area contributed by atoms with Crippen LogP contribution >= 0.6 is 0 Å². The van der Waals surface area contributed by atoms with Crippen LogP contribution in [0.5, 0.6) is 0 Å². The summed E-state index contributed by atoms with van der Waals surface area (Å²) >= 11 is 0. The van der Waals surface area contributed by atoms with Gasteiger partial charge in [0.05, 0.1) is 0 Å². The van der Waals surface area contributed by atoms with E-state index >= 15 is 0 Å². The summed E-state index contributed by atoms with van der Waals surface area (Å²) in [6.07, 6.45) is 2.65. The summed E-state index contributed by atoms with van der Waals surface area (Å²) in [5.74, 6) is -0.329. The second kappa shape index (κ2) is 6.34. The predicted octanol–water partition coefficient (Wildman–Crippen LogP) is 4.24. The minimum atomic E-state index is -0.278. The zero-order chi connectivity index (χ0) is 13.7. The Kier molecular flexibility index (Phi) is 5.08. The smallest absolute Gasteiger partial charge is 0.250 e. The monoisotopic (exact) mass is 249 g/mol. The SMILES string of the molecule is CC/C=C(\C)C(=O)Nc1ccc(C(C)C)c(F)c1. The van der Waals surface area contributed by atoms with Gasteiger partial charge in [0.1, 0.15) is 5.82 Å². The van der Waals surface area contributed by atoms with E-state index in [4.69, 9.17) is 0 Å². The molecule has 0 atom stereocenters. The number of hydrogen-bond donors (Lipinski definition) is 1. The van der Waals surface area contributed by atoms with Gasteiger partial charge in [-0.1, -0.05) is 32.9 Å². The van der Waals surface area contributed by atoms with Gasteiger partial charge in [0.25, 0.3) is 5.91 Å². The average Bonchev–Trinajstić information content (AvgIpc) is 2.28. The molecule has 1 aromatic carbocycles. The molecule has 1 aromatic rings. The molecule has 0 aliphatic carbocycles. The zero-order valence-corrected chi connectivity index (χ0v) is 11.4. The highest BCUT2D eigenvalue weighted by Crippen LogP contribution is 2.21. The number of carbonyl (C=O) groups excluding carboxylic acids is 1. The van der Waals surface area contributed by atoms with E-state index in [1.807, 2.05) is 26.8 Å². The summed E-state index contributed by atoms with van der Waals surface area (Å²) in [5, 5.41) is 2.69. The van der Waals surface area contributed by atoms with Crippen molar-refractivity contribution in [1.29, 1.82) is 0 Å². The maximum Gasteiger partial charge on any atom is 0.250 e. The van der Waals surface area contributed by atoms with Crippen molar-refractivity contribution in [2.45, 2.75) is 40.0 Å². The van der Waals surface area contributed by atoms with Crippen molar-refractivity contribution >= 4 is 11.6 Å². The topological polar surface area (TPSA) is 29.1 Å². The first-order valence-corrected chi connectivity index (χ1v) is 6.23. The van der Waals surface area contributed by atoms with Crippen LogP contribution in [0.25, 0.3) is 0 Å². The third-order valence-electron chi connectivity index (χ3n) is 2.75. The van der Waals surface area contributed by atoms with E-state index in [0.717, 1.165) is 6.42 Å². The molecule has 0 saturated carbocycles. The number of carbonyl (C=O) groups is 1. The first-order valence-electron chi connectivity index (χ1n) is 6.23. The molecule has 3 heteroatoms. The van der Waals surface area contributed by atoms with Crippen LogP contribution in [-0.4, -0.2) is 5.91 Å². The van der Waals surface area contributed by atoms with Crippen LogP contribution < -0.4 is 5.32 Å². The van der Waals surface area contributed by atoms with Crippen molar-refractivity contribution in [3.8, 4) is 0 Å². The van der Waals surface area contributed by atoms with E-state index in [0.29, 0.717) is 16.8 Å². The average molecular weight is 249 g/mol. The largest absolute Gasteiger partial charge is 0.322 e. The Morgan fingerprint density at radius 1 is 1.44 bits per heavy atom. The lowest BCUT2D eigenvalue weighted by molar-refractivity contribution is -0.112. The molecule has 0 bridgehead atoms. The number of allylic oxidation sites excluding steroid dienone is 1. The van der Waals surface area contributed by atoms with Gasteiger partial charge in [0.2, 0.25) is 0 Å². The second-order valence-electron chi connectivity index (χ2n) is 4.64. The second-order valence-corrected chi connectivity index (χ2v) is 4.64. The summed E-state index contributed by atoms with van der Waals surface area (Å²) in [5.41, 5.74) is 1.80. The Labute approximate surface area is 108 Å². The van der Waals surface area contributed by atoms with Crippen LogP contribution in [0.1, 0.15) is 45.6 Å². The van der Waals surface area contributed by atoms with Crippen molar-refractivity contribution < 1.29 is 9.18 Å². The third kappa shape index (κ3) is 3.69. The van der Waals surface area contributed by atoms with E-state index < -0.39 is 0 Å². The highest BCUT2D eigenvalue weighted by Gasteiger charge is 2.09. The number of benzene rings is 1. The van der Waals surface area contributed by atoms with Gasteiger partial charge < -0.3 is 5.32 Å². The van der Waals surface area contributed by atoms with Gasteiger partial charge in [-0.15, -0.1) is 0 Å². The van der Waals surface area contributed by atoms with Gasteiger partial charge in [-0.3, -0.25) is 4.79 Å². The first kappa shape index (κ1) is 14.4. The molecule has 0 saturated heterocycles. The molecule has 0 aliphatic heterocycles. The van der Waals surface area contributed by atoms with Gasteiger partial charge in [0.15, 0.2) is 0 Å². The number of amides is 1. The van der Waals surface area contributed by atoms with Gasteiger partial charge >= 0.3 is 0 Å². The van der Waals surface area contributed by atoms with E-state index in [2.05, 4.69) is 5.32 Å². The van der Waals surface area contributed by atoms with Crippen LogP contribution in [-0.2, 0) is 4.79 Å². The molecule has 1 amide bonds. The number of halogens is 1. The molecule has 0 heterocycles. The van der Waals surface area contributed by atoms with Gasteiger partial charge in [-0.2, -0.15) is 0 Å². The Hall–Kier alpha value is -1.64. The molecule has 1 N–H and O–H groups in total. The number of hydrogen-bond acceptors (Lipinski definition) is 1. The molecule has 0 spiro atoms. The fourth-order valence-corrected chi connectivity index (χ4v) is 1.70. The standard InChI is InChI=1S/C15H20FNO/c1-5-6-11(4)15(18)17-12-7-8-13(10(2)3)14(16)9-12/h6-10H,5H2,1-4H3,(H,17,18)/b11-6+. The molecule has 0 aliphatic rings. The molecule has 1 rings (SSSR count). The minimum absolute atomic E-state index is 0.136. The zero-order valence-electron chi connectivity index (χ0n) is 11.4. The quantitative estimate of drug-likeness (QED) is 0.794. The molecule has 0 unspecified atom stereocenters. The van der Waals surface area contributed by atoms with Crippen LogP contribution in [0.3, 0.4) is 0 Å². The normalized spacial score (nSPS) is 11.8. The van der Waals surface area contributed by atoms with Crippen molar-refractivity contribution in [3.05, 3.63) is 41.2 Å². The first-order chi connectivity index (χ1) is 8.45. The fraction of sp³-hybridized carbons (Fsp3) is 0.400. The van der Waals surface area contributed by atoms with Gasteiger partial charge in [-0.25, -0.2) is 4.39 Å². The Morgan fingerprint density at radius 3 is 2.61 bits per heavy atom. The Bertz CT molecular complexity index is 464. The lowest BCUT2D eigenvalue weighted by Gasteiger charge is -2.10. The fourth-order valence-electron chi connectivity index (χ4n) is 1.70. The Morgan fingerprint density at radius 2 is 2.11 bits per heavy atom. The molecular formula is C15H20FNO. The number of anilines is 1. The Balaban J connectivity index is 2.84. The van der Waals surface area contributed by atoms with Gasteiger partial charge in [-0.05, 0) is 37.0 Å². The van der Waals surface area contributed by atoms with E-state index in [1.54, 1.807) is 19.1 Å². The highest BCUT2D eigenvalue weighted by molar-refractivity contribution is 6.03. The molecule has 0 radical (unpaired) electrons. The van der Waals surface area contributed by atoms with Crippen LogP contribution in [0, 0.1) is 5.82 Å². The lowest BCUT2D eigenvalue weighted by Crippen LogP contribution is -2.13. The maximum absolute atomic E-state index is 13.7. The maximum atomic E-state index is 13.7. The van der Waals surface area contributed by atoms with Crippen molar-refractivity contribution in [2.24, 2.45) is 0 Å². The van der Waals surface area contributed by atoms with E-state index in [9.17, 15) is 9.18 Å². The molecular weight excluding hydrogens is 229 g/mol. The summed E-state index contributed by atoms with van der Waals surface area (Å²) in [7, 11) is 0. The molecule has 98 valence electrons. The summed E-state index contributed by atoms with van der Waals surface area (Å²) < 4.78 is 13.7. The molecule has 0 aromatic heterocycles. The number of nitrogens with one attached hydrogen (secondary N) is 1. The highest BCUT2D eigenvalue weighted by atomic mass is 19.1. The molecule has 2 nitrogen and oxygen atoms in total. The van der Waals surface area contributed by atoms with E-state index in [-0.39, 0.29) is 17.6 Å². The predicted molar refractivity (Wildman–Crippen MR) is 73.2 cm³/mol. The summed E-state index contributed by atoms with van der Waals surface area (Å²) in [4.78, 5) is 11.7. The van der Waals surface area contributed by atoms with Crippen LogP contribution in [0.4, 0.5) is 10.1 Å². The van der Waals surface area contributed by atoms with Crippen LogP contribution in [0.2, 0.25) is 0 Å². The third-order valence-corrected chi connectivity index (χ3v) is 2.75. The van der Waals surface area contributed by atoms with Crippen molar-refractivity contribution in [1.82, 2.24) is 0 Å². The molecule has 0 fully saturated rings. The minimum Gasteiger partial charge on any atom is -0.322 e. The lowest BCUT2D eigenvalue weighted by atomic mass is 10.0. The van der Waals surface area contributed by atoms with Crippen LogP contribution in [0.15, 0.2) is 29.8 Å². The number of rotatable bonds is 4. The van der Waals surface area contributed by atoms with E-state index in [1.165, 1.54) is 6.07 Å². The van der Waals surface area contributed by atoms with Crippen molar-refractivity contribution in [3.63, 3.8) is 0 Å². The van der Waals surface area contributed by atoms with Crippen molar-refractivity contribution in [2.75, 3.05) is 5.32 Å².